The van der Waals surface area contributed by atoms with Gasteiger partial charge in [-0.25, -0.2) is 4.98 Å². The van der Waals surface area contributed by atoms with E-state index in [9.17, 15) is 0 Å². The number of nitrogens with one attached hydrogen (secondary N) is 1. The van der Waals surface area contributed by atoms with Crippen molar-refractivity contribution in [3.05, 3.63) is 47.7 Å². The molecule has 4 heteroatoms. The van der Waals surface area contributed by atoms with Gasteiger partial charge in [-0.1, -0.05) is 6.07 Å². The highest BCUT2D eigenvalue weighted by atomic mass is 16.5. The van der Waals surface area contributed by atoms with Gasteiger partial charge in [0.25, 0.3) is 0 Å². The highest BCUT2D eigenvalue weighted by molar-refractivity contribution is 5.46. The van der Waals surface area contributed by atoms with Crippen molar-refractivity contribution in [3.8, 4) is 17.6 Å². The van der Waals surface area contributed by atoms with E-state index < -0.39 is 0 Å². The summed E-state index contributed by atoms with van der Waals surface area (Å²) in [7, 11) is 0. The van der Waals surface area contributed by atoms with Crippen molar-refractivity contribution in [2.45, 2.75) is 13.8 Å². The number of benzene rings is 1. The minimum atomic E-state index is 0.585. The lowest BCUT2D eigenvalue weighted by molar-refractivity contribution is 0.478. The predicted molar refractivity (Wildman–Crippen MR) is 74.4 cm³/mol. The van der Waals surface area contributed by atoms with Crippen LogP contribution in [0.4, 0.5) is 5.82 Å². The Hall–Kier alpha value is -2.54. The van der Waals surface area contributed by atoms with Crippen LogP contribution >= 0.6 is 0 Å². The number of rotatable bonds is 4. The SMILES string of the molecule is CCNc1cc(Oc2cc(C#N)ccc2C)ccn1. The van der Waals surface area contributed by atoms with Crippen LogP contribution < -0.4 is 10.1 Å². The van der Waals surface area contributed by atoms with E-state index in [-0.39, 0.29) is 0 Å². The van der Waals surface area contributed by atoms with E-state index in [0.29, 0.717) is 17.1 Å². The van der Waals surface area contributed by atoms with Gasteiger partial charge in [-0.05, 0) is 37.6 Å². The van der Waals surface area contributed by atoms with E-state index in [2.05, 4.69) is 16.4 Å². The minimum absolute atomic E-state index is 0.585. The van der Waals surface area contributed by atoms with Crippen molar-refractivity contribution in [2.75, 3.05) is 11.9 Å². The fourth-order valence-electron chi connectivity index (χ4n) is 1.66. The van der Waals surface area contributed by atoms with Crippen LogP contribution in [0.2, 0.25) is 0 Å². The van der Waals surface area contributed by atoms with Gasteiger partial charge in [0.1, 0.15) is 17.3 Å². The standard InChI is InChI=1S/C15H15N3O/c1-3-17-15-9-13(6-7-18-15)19-14-8-12(10-16)5-4-11(14)2/h4-9H,3H2,1-2H3,(H,17,18). The van der Waals surface area contributed by atoms with Crippen LogP contribution in [0.15, 0.2) is 36.5 Å². The smallest absolute Gasteiger partial charge is 0.132 e. The number of hydrogen-bond acceptors (Lipinski definition) is 4. The zero-order valence-corrected chi connectivity index (χ0v) is 11.0. The molecule has 0 fully saturated rings. The van der Waals surface area contributed by atoms with Crippen molar-refractivity contribution >= 4 is 5.82 Å². The molecule has 96 valence electrons. The summed E-state index contributed by atoms with van der Waals surface area (Å²) < 4.78 is 5.81. The van der Waals surface area contributed by atoms with Gasteiger partial charge in [-0.2, -0.15) is 5.26 Å². The van der Waals surface area contributed by atoms with Gasteiger partial charge in [0.2, 0.25) is 0 Å². The number of nitrogens with zero attached hydrogens (tertiary/aromatic N) is 2. The maximum Gasteiger partial charge on any atom is 0.132 e. The molecule has 0 atom stereocenters. The number of nitriles is 1. The summed E-state index contributed by atoms with van der Waals surface area (Å²) >= 11 is 0. The summed E-state index contributed by atoms with van der Waals surface area (Å²) in [5.41, 5.74) is 1.57. The Labute approximate surface area is 112 Å². The third-order valence-electron chi connectivity index (χ3n) is 2.63. The number of aromatic nitrogens is 1. The summed E-state index contributed by atoms with van der Waals surface area (Å²) in [5, 5.41) is 12.0. The lowest BCUT2D eigenvalue weighted by Crippen LogP contribution is -1.99. The highest BCUT2D eigenvalue weighted by Crippen LogP contribution is 2.26. The van der Waals surface area contributed by atoms with Crippen molar-refractivity contribution in [2.24, 2.45) is 0 Å². The molecule has 0 amide bonds. The topological polar surface area (TPSA) is 57.9 Å². The molecule has 0 aliphatic rings. The molecule has 0 aliphatic heterocycles. The molecule has 19 heavy (non-hydrogen) atoms. The molecule has 1 aromatic carbocycles. The molecular formula is C15H15N3O. The van der Waals surface area contributed by atoms with Crippen LogP contribution in [0.3, 0.4) is 0 Å². The monoisotopic (exact) mass is 253 g/mol. The van der Waals surface area contributed by atoms with Crippen molar-refractivity contribution in [1.29, 1.82) is 5.26 Å². The van der Waals surface area contributed by atoms with Crippen LogP contribution in [-0.2, 0) is 0 Å². The number of anilines is 1. The summed E-state index contributed by atoms with van der Waals surface area (Å²) in [6.45, 7) is 4.76. The predicted octanol–water partition coefficient (Wildman–Crippen LogP) is 3.49. The van der Waals surface area contributed by atoms with E-state index in [1.165, 1.54) is 0 Å². The normalized spacial score (nSPS) is 9.74. The zero-order chi connectivity index (χ0) is 13.7. The molecule has 1 N–H and O–H groups in total. The molecule has 2 aromatic rings. The lowest BCUT2D eigenvalue weighted by atomic mass is 10.1. The summed E-state index contributed by atoms with van der Waals surface area (Å²) in [4.78, 5) is 4.18. The molecule has 0 spiro atoms. The number of pyridine rings is 1. The Balaban J connectivity index is 2.26. The van der Waals surface area contributed by atoms with Gasteiger partial charge in [-0.15, -0.1) is 0 Å². The van der Waals surface area contributed by atoms with Crippen LogP contribution in [0.1, 0.15) is 18.1 Å². The second kappa shape index (κ2) is 5.87. The average molecular weight is 253 g/mol. The Morgan fingerprint density at radius 1 is 1.32 bits per heavy atom. The maximum atomic E-state index is 8.91. The van der Waals surface area contributed by atoms with Crippen LogP contribution in [0, 0.1) is 18.3 Å². The lowest BCUT2D eigenvalue weighted by Gasteiger charge is -2.10. The van der Waals surface area contributed by atoms with Crippen molar-refractivity contribution in [3.63, 3.8) is 0 Å². The molecular weight excluding hydrogens is 238 g/mol. The van der Waals surface area contributed by atoms with E-state index in [1.54, 1.807) is 24.4 Å². The first-order valence-corrected chi connectivity index (χ1v) is 6.11. The molecule has 4 nitrogen and oxygen atoms in total. The Morgan fingerprint density at radius 2 is 2.16 bits per heavy atom. The first-order chi connectivity index (χ1) is 9.22. The fraction of sp³-hybridized carbons (Fsp3) is 0.200. The maximum absolute atomic E-state index is 8.91. The van der Waals surface area contributed by atoms with E-state index >= 15 is 0 Å². The van der Waals surface area contributed by atoms with Gasteiger partial charge < -0.3 is 10.1 Å². The van der Waals surface area contributed by atoms with Gasteiger partial charge in [-0.3, -0.25) is 0 Å². The van der Waals surface area contributed by atoms with Gasteiger partial charge in [0, 0.05) is 18.8 Å². The zero-order valence-electron chi connectivity index (χ0n) is 11.0. The number of ether oxygens (including phenoxy) is 1. The van der Waals surface area contributed by atoms with Gasteiger partial charge >= 0.3 is 0 Å². The number of hydrogen-bond donors (Lipinski definition) is 1. The van der Waals surface area contributed by atoms with E-state index in [0.717, 1.165) is 17.9 Å². The van der Waals surface area contributed by atoms with Gasteiger partial charge in [0.15, 0.2) is 0 Å². The first kappa shape index (κ1) is 12.9. The Kier molecular flexibility index (Phi) is 3.99. The molecule has 0 unspecified atom stereocenters. The summed E-state index contributed by atoms with van der Waals surface area (Å²) in [6, 6.07) is 11.1. The van der Waals surface area contributed by atoms with Gasteiger partial charge in [0.05, 0.1) is 11.6 Å². The second-order valence-electron chi connectivity index (χ2n) is 4.10. The minimum Gasteiger partial charge on any atom is -0.457 e. The van der Waals surface area contributed by atoms with Crippen molar-refractivity contribution < 1.29 is 4.74 Å². The van der Waals surface area contributed by atoms with Crippen LogP contribution in [0.5, 0.6) is 11.5 Å². The third-order valence-corrected chi connectivity index (χ3v) is 2.63. The number of aryl methyl sites for hydroxylation is 1. The summed E-state index contributed by atoms with van der Waals surface area (Å²) in [5.74, 6) is 2.16. The van der Waals surface area contributed by atoms with E-state index in [1.807, 2.05) is 26.0 Å². The van der Waals surface area contributed by atoms with Crippen LogP contribution in [-0.4, -0.2) is 11.5 Å². The fourth-order valence-corrected chi connectivity index (χ4v) is 1.66. The molecule has 0 radical (unpaired) electrons. The third kappa shape index (κ3) is 3.23. The quantitative estimate of drug-likeness (QED) is 0.906. The summed E-state index contributed by atoms with van der Waals surface area (Å²) in [6.07, 6.45) is 1.69. The molecule has 1 aromatic heterocycles. The van der Waals surface area contributed by atoms with Crippen LogP contribution in [0.25, 0.3) is 0 Å². The molecule has 2 rings (SSSR count). The molecule has 0 saturated carbocycles. The van der Waals surface area contributed by atoms with E-state index in [4.69, 9.17) is 10.00 Å². The molecule has 1 heterocycles. The average Bonchev–Trinajstić information content (AvgIpc) is 2.42. The highest BCUT2D eigenvalue weighted by Gasteiger charge is 2.04. The van der Waals surface area contributed by atoms with Crippen molar-refractivity contribution in [1.82, 2.24) is 4.98 Å². The molecule has 0 bridgehead atoms. The largest absolute Gasteiger partial charge is 0.457 e. The first-order valence-electron chi connectivity index (χ1n) is 6.11. The Morgan fingerprint density at radius 3 is 2.89 bits per heavy atom. The molecule has 0 aliphatic carbocycles. The second-order valence-corrected chi connectivity index (χ2v) is 4.10. The Bertz CT molecular complexity index is 617. The molecule has 0 saturated heterocycles.